The molecule has 0 spiro atoms. The first kappa shape index (κ1) is 52.1. The third-order valence-corrected chi connectivity index (χ3v) is 15.2. The largest absolute Gasteiger partial charge is 0.356 e. The minimum absolute atomic E-state index is 0.915. The second-order valence-electron chi connectivity index (χ2n) is 20.7. The lowest BCUT2D eigenvalue weighted by molar-refractivity contribution is 0.346. The molecule has 15 rings (SSSR count). The Bertz CT molecular complexity index is 2890. The van der Waals surface area contributed by atoms with Gasteiger partial charge in [0, 0.05) is 127 Å². The van der Waals surface area contributed by atoms with Crippen molar-refractivity contribution in [2.75, 3.05) is 105 Å². The van der Waals surface area contributed by atoms with Crippen molar-refractivity contribution in [3.8, 4) is 44.8 Å². The number of nitrogens with zero attached hydrogens (tertiary/aromatic N) is 10. The molecule has 0 bridgehead atoms. The zero-order valence-corrected chi connectivity index (χ0v) is 45.3. The predicted octanol–water partition coefficient (Wildman–Crippen LogP) is 9.62. The molecule has 8 aliphatic heterocycles. The minimum atomic E-state index is 0.915. The summed E-state index contributed by atoms with van der Waals surface area (Å²) in [7, 11) is 0. The average molecular weight is 1040 g/mol. The summed E-state index contributed by atoms with van der Waals surface area (Å²) in [5.74, 6) is 4.55. The first-order valence-electron chi connectivity index (χ1n) is 28.9. The predicted molar refractivity (Wildman–Crippen MR) is 323 cm³/mol. The van der Waals surface area contributed by atoms with E-state index in [0.29, 0.717) is 0 Å². The van der Waals surface area contributed by atoms with E-state index in [9.17, 15) is 0 Å². The second kappa shape index (κ2) is 26.4. The van der Waals surface area contributed by atoms with Gasteiger partial charge >= 0.3 is 0 Å². The SMILES string of the molecule is C1CN=C2NCCCN2C1.C1CN=C2NCCCN2C1.C1CN=C2NCCCN2C1.C1CN=C2NCCCN2C1.c1ccc(-c2cc(-c3ccccc3)c3ccc4c(-c5ccccc5)cc(-c5ccccc5)nc4c3n2)cc1. The highest BCUT2D eigenvalue weighted by Gasteiger charge is 2.22. The molecule has 0 radical (unpaired) electrons. The van der Waals surface area contributed by atoms with Crippen LogP contribution in [0, 0.1) is 0 Å². The van der Waals surface area contributed by atoms with Crippen LogP contribution in [-0.4, -0.2) is 158 Å². The Morgan fingerprint density at radius 1 is 0.295 bits per heavy atom. The van der Waals surface area contributed by atoms with Crippen molar-refractivity contribution in [1.29, 1.82) is 0 Å². The Morgan fingerprint density at radius 2 is 0.564 bits per heavy atom. The van der Waals surface area contributed by atoms with Crippen molar-refractivity contribution in [3.05, 3.63) is 146 Å². The van der Waals surface area contributed by atoms with Crippen LogP contribution in [0.3, 0.4) is 0 Å². The third-order valence-electron chi connectivity index (χ3n) is 15.2. The Labute approximate surface area is 460 Å². The van der Waals surface area contributed by atoms with Gasteiger partial charge in [-0.2, -0.15) is 0 Å². The summed E-state index contributed by atoms with van der Waals surface area (Å²) >= 11 is 0. The molecule has 0 saturated carbocycles. The highest BCUT2D eigenvalue weighted by Crippen LogP contribution is 2.39. The number of fused-ring (bicyclic) bond motifs is 7. The van der Waals surface area contributed by atoms with E-state index in [1.807, 2.05) is 12.1 Å². The lowest BCUT2D eigenvalue weighted by atomic mass is 9.94. The highest BCUT2D eigenvalue weighted by molar-refractivity contribution is 6.13. The molecule has 5 aromatic carbocycles. The van der Waals surface area contributed by atoms with Gasteiger partial charge in [-0.1, -0.05) is 133 Å². The highest BCUT2D eigenvalue weighted by atomic mass is 15.3. The van der Waals surface area contributed by atoms with E-state index < -0.39 is 0 Å². The number of pyridine rings is 2. The fourth-order valence-corrected chi connectivity index (χ4v) is 11.2. The molecule has 0 aliphatic carbocycles. The molecule has 14 nitrogen and oxygen atoms in total. The Balaban J connectivity index is 0.000000128. The van der Waals surface area contributed by atoms with E-state index in [-0.39, 0.29) is 0 Å². The summed E-state index contributed by atoms with van der Waals surface area (Å²) in [4.78, 5) is 37.4. The fourth-order valence-electron chi connectivity index (χ4n) is 11.2. The van der Waals surface area contributed by atoms with Gasteiger partial charge in [-0.25, -0.2) is 9.97 Å². The quantitative estimate of drug-likeness (QED) is 0.126. The molecule has 10 heterocycles. The zero-order valence-electron chi connectivity index (χ0n) is 45.3. The lowest BCUT2D eigenvalue weighted by Gasteiger charge is -2.33. The van der Waals surface area contributed by atoms with Crippen molar-refractivity contribution >= 4 is 45.6 Å². The number of hydrogen-bond acceptors (Lipinski definition) is 14. The number of aromatic nitrogens is 2. The van der Waals surface area contributed by atoms with E-state index in [0.717, 1.165) is 132 Å². The van der Waals surface area contributed by atoms with Gasteiger partial charge in [0.25, 0.3) is 0 Å². The molecule has 78 heavy (non-hydrogen) atoms. The normalized spacial score (nSPS) is 18.2. The van der Waals surface area contributed by atoms with Gasteiger partial charge in [-0.15, -0.1) is 0 Å². The minimum Gasteiger partial charge on any atom is -0.356 e. The number of benzene rings is 5. The summed E-state index contributed by atoms with van der Waals surface area (Å²) in [6.45, 7) is 18.1. The van der Waals surface area contributed by atoms with Crippen LogP contribution in [0.1, 0.15) is 51.4 Å². The first-order chi connectivity index (χ1) is 38.7. The van der Waals surface area contributed by atoms with Crippen LogP contribution < -0.4 is 21.3 Å². The Kier molecular flexibility index (Phi) is 17.6. The molecule has 0 atom stereocenters. The number of rotatable bonds is 4. The smallest absolute Gasteiger partial charge is 0.193 e. The molecular weight excluding hydrogens is 965 g/mol. The second-order valence-corrected chi connectivity index (χ2v) is 20.7. The molecule has 7 aromatic rings. The van der Waals surface area contributed by atoms with E-state index in [2.05, 4.69) is 194 Å². The molecule has 4 fully saturated rings. The van der Waals surface area contributed by atoms with Crippen molar-refractivity contribution in [2.45, 2.75) is 51.4 Å². The number of nitrogens with one attached hydrogen (secondary N) is 4. The average Bonchev–Trinajstić information content (AvgIpc) is 3.67. The van der Waals surface area contributed by atoms with Crippen LogP contribution in [0.2, 0.25) is 0 Å². The summed E-state index contributed by atoms with van der Waals surface area (Å²) in [6.07, 6.45) is 9.96. The Hall–Kier alpha value is -8.00. The van der Waals surface area contributed by atoms with E-state index >= 15 is 0 Å². The van der Waals surface area contributed by atoms with E-state index in [1.54, 1.807) is 0 Å². The molecule has 0 unspecified atom stereocenters. The number of aliphatic imine (C=N–C) groups is 4. The van der Waals surface area contributed by atoms with E-state index in [4.69, 9.17) is 9.97 Å². The standard InChI is InChI=1S/C36H24N2.4C7H13N3/c1-5-13-25(14-6-1)31-23-33(27-17-9-3-10-18-27)37-35-29(31)21-22-30-32(26-15-7-2-8-16-26)24-34(38-36(30)35)28-19-11-4-12-20-28;4*1-3-8-7-9-4-2-6-10(7)5-1/h1-24H;4*1-6H2,(H,8,9). The molecule has 4 N–H and O–H groups in total. The van der Waals surface area contributed by atoms with Gasteiger partial charge in [0.15, 0.2) is 23.8 Å². The van der Waals surface area contributed by atoms with Crippen LogP contribution in [0.15, 0.2) is 166 Å². The molecule has 8 aliphatic rings. The maximum absolute atomic E-state index is 5.27. The summed E-state index contributed by atoms with van der Waals surface area (Å²) in [5.41, 5.74) is 10.5. The van der Waals surface area contributed by atoms with Crippen LogP contribution in [0.4, 0.5) is 0 Å². The van der Waals surface area contributed by atoms with Crippen molar-refractivity contribution in [3.63, 3.8) is 0 Å². The summed E-state index contributed by atoms with van der Waals surface area (Å²) in [5, 5.41) is 15.4. The van der Waals surface area contributed by atoms with E-state index in [1.165, 1.54) is 115 Å². The first-order valence-corrected chi connectivity index (χ1v) is 28.9. The number of hydrogen-bond donors (Lipinski definition) is 4. The lowest BCUT2D eigenvalue weighted by Crippen LogP contribution is -2.49. The van der Waals surface area contributed by atoms with Gasteiger partial charge in [0.05, 0.1) is 22.4 Å². The van der Waals surface area contributed by atoms with Gasteiger partial charge in [-0.3, -0.25) is 20.0 Å². The topological polar surface area (TPSA) is 136 Å². The molecule has 4 saturated heterocycles. The van der Waals surface area contributed by atoms with Crippen LogP contribution in [-0.2, 0) is 0 Å². The molecular formula is C64H76N14. The van der Waals surface area contributed by atoms with Crippen molar-refractivity contribution in [2.24, 2.45) is 20.0 Å². The van der Waals surface area contributed by atoms with Crippen LogP contribution in [0.5, 0.6) is 0 Å². The van der Waals surface area contributed by atoms with Crippen molar-refractivity contribution < 1.29 is 0 Å². The van der Waals surface area contributed by atoms with Gasteiger partial charge in [0.1, 0.15) is 0 Å². The molecule has 402 valence electrons. The monoisotopic (exact) mass is 1040 g/mol. The van der Waals surface area contributed by atoms with Crippen LogP contribution >= 0.6 is 0 Å². The third kappa shape index (κ3) is 13.0. The zero-order chi connectivity index (χ0) is 52.6. The number of guanidine groups is 4. The van der Waals surface area contributed by atoms with Gasteiger partial charge in [-0.05, 0) is 85.8 Å². The van der Waals surface area contributed by atoms with Gasteiger partial charge < -0.3 is 40.9 Å². The van der Waals surface area contributed by atoms with Gasteiger partial charge in [0.2, 0.25) is 0 Å². The Morgan fingerprint density at radius 3 is 0.846 bits per heavy atom. The summed E-state index contributed by atoms with van der Waals surface area (Å²) in [6, 6.07) is 50.7. The molecule has 14 heteroatoms. The molecule has 2 aromatic heterocycles. The van der Waals surface area contributed by atoms with Crippen molar-refractivity contribution in [1.82, 2.24) is 50.8 Å². The maximum Gasteiger partial charge on any atom is 0.193 e. The molecule has 0 amide bonds. The maximum atomic E-state index is 5.27. The summed E-state index contributed by atoms with van der Waals surface area (Å²) < 4.78 is 0. The van der Waals surface area contributed by atoms with Crippen LogP contribution in [0.25, 0.3) is 66.6 Å². The fraction of sp³-hybridized carbons (Fsp3) is 0.375.